The van der Waals surface area contributed by atoms with Gasteiger partial charge in [0.15, 0.2) is 4.96 Å². The van der Waals surface area contributed by atoms with Gasteiger partial charge in [0, 0.05) is 6.20 Å². The lowest BCUT2D eigenvalue weighted by Gasteiger charge is -2.02. The van der Waals surface area contributed by atoms with Gasteiger partial charge in [-0.1, -0.05) is 52.8 Å². The number of aromatic carboxylic acids is 1. The summed E-state index contributed by atoms with van der Waals surface area (Å²) in [6, 6.07) is 6.04. The summed E-state index contributed by atoms with van der Waals surface area (Å²) in [6.45, 7) is 4.02. The molecule has 2 aromatic heterocycles. The van der Waals surface area contributed by atoms with Gasteiger partial charge in [-0.3, -0.25) is 9.20 Å². The van der Waals surface area contributed by atoms with E-state index in [1.807, 2.05) is 32.1 Å². The summed E-state index contributed by atoms with van der Waals surface area (Å²) >= 11 is 7.03. The number of aromatic nitrogens is 2. The van der Waals surface area contributed by atoms with Gasteiger partial charge < -0.3 is 5.11 Å². The molecule has 0 atom stereocenters. The molecule has 0 aliphatic heterocycles. The predicted molar refractivity (Wildman–Crippen MR) is 96.2 cm³/mol. The van der Waals surface area contributed by atoms with Crippen molar-refractivity contribution in [3.8, 4) is 0 Å². The maximum atomic E-state index is 12.3. The van der Waals surface area contributed by atoms with Crippen LogP contribution in [0.1, 0.15) is 32.1 Å². The van der Waals surface area contributed by atoms with Crippen molar-refractivity contribution < 1.29 is 9.90 Å². The molecule has 3 aromatic rings. The van der Waals surface area contributed by atoms with E-state index < -0.39 is 11.5 Å². The largest absolute Gasteiger partial charge is 0.477 e. The molecule has 1 aromatic carbocycles. The van der Waals surface area contributed by atoms with E-state index in [9.17, 15) is 9.59 Å². The number of rotatable bonds is 3. The lowest BCUT2D eigenvalue weighted by atomic mass is 10.1. The molecular weight excluding hydrogens is 348 g/mol. The van der Waals surface area contributed by atoms with Gasteiger partial charge in [-0.05, 0) is 31.1 Å². The molecule has 122 valence electrons. The Balaban J connectivity index is 2.09. The van der Waals surface area contributed by atoms with Crippen LogP contribution in [0.4, 0.5) is 0 Å². The van der Waals surface area contributed by atoms with Crippen molar-refractivity contribution in [1.29, 1.82) is 0 Å². The summed E-state index contributed by atoms with van der Waals surface area (Å²) in [5.41, 5.74) is 3.10. The van der Waals surface area contributed by atoms with Gasteiger partial charge in [0.1, 0.15) is 9.90 Å². The number of nitrogens with zero attached hydrogens (tertiary/aromatic N) is 2. The van der Waals surface area contributed by atoms with Crippen molar-refractivity contribution in [2.75, 3.05) is 0 Å². The Kier molecular flexibility index (Phi) is 4.26. The zero-order chi connectivity index (χ0) is 17.4. The highest BCUT2D eigenvalue weighted by Crippen LogP contribution is 2.20. The fraction of sp³-hybridized carbons (Fsp3) is 0.118. The topological polar surface area (TPSA) is 71.7 Å². The third kappa shape index (κ3) is 2.98. The number of hydrogen-bond donors (Lipinski definition) is 1. The molecule has 0 unspecified atom stereocenters. The van der Waals surface area contributed by atoms with Crippen LogP contribution in [-0.2, 0) is 0 Å². The molecule has 0 amide bonds. The van der Waals surface area contributed by atoms with Gasteiger partial charge in [-0.25, -0.2) is 9.78 Å². The number of carboxylic acids is 1. The van der Waals surface area contributed by atoms with Crippen LogP contribution in [0.15, 0.2) is 29.2 Å². The second kappa shape index (κ2) is 6.22. The standard InChI is InChI=1S/C17H13ClN2O3S/c1-9-3-4-11(10(2)7-9)5-6-12-14(18)15(21)20-8-13(16(22)23)24-17(20)19-12/h3-8H,1-2H3,(H,22,23). The van der Waals surface area contributed by atoms with E-state index in [0.29, 0.717) is 10.7 Å². The van der Waals surface area contributed by atoms with Gasteiger partial charge in [0.05, 0.1) is 5.69 Å². The summed E-state index contributed by atoms with van der Waals surface area (Å²) in [6.07, 6.45) is 4.74. The summed E-state index contributed by atoms with van der Waals surface area (Å²) in [5.74, 6) is -1.10. The van der Waals surface area contributed by atoms with Crippen LogP contribution in [-0.4, -0.2) is 20.5 Å². The molecular formula is C17H13ClN2O3S. The van der Waals surface area contributed by atoms with Crippen LogP contribution in [0.3, 0.4) is 0 Å². The molecule has 24 heavy (non-hydrogen) atoms. The zero-order valence-corrected chi connectivity index (χ0v) is 14.5. The van der Waals surface area contributed by atoms with E-state index in [1.54, 1.807) is 6.08 Å². The molecule has 0 radical (unpaired) electrons. The lowest BCUT2D eigenvalue weighted by Crippen LogP contribution is -2.14. The number of carboxylic acid groups (broad SMARTS) is 1. The predicted octanol–water partition coefficient (Wildman–Crippen LogP) is 3.89. The first kappa shape index (κ1) is 16.4. The van der Waals surface area contributed by atoms with Crippen molar-refractivity contribution in [1.82, 2.24) is 9.38 Å². The first-order valence-corrected chi connectivity index (χ1v) is 8.26. The highest BCUT2D eigenvalue weighted by Gasteiger charge is 2.14. The highest BCUT2D eigenvalue weighted by atomic mass is 35.5. The van der Waals surface area contributed by atoms with Gasteiger partial charge >= 0.3 is 5.97 Å². The summed E-state index contributed by atoms with van der Waals surface area (Å²) < 4.78 is 1.16. The fourth-order valence-corrected chi connectivity index (χ4v) is 3.34. The van der Waals surface area contributed by atoms with E-state index in [4.69, 9.17) is 16.7 Å². The second-order valence-corrected chi connectivity index (χ2v) is 6.75. The molecule has 3 rings (SSSR count). The lowest BCUT2D eigenvalue weighted by molar-refractivity contribution is 0.0702. The highest BCUT2D eigenvalue weighted by molar-refractivity contribution is 7.18. The molecule has 5 nitrogen and oxygen atoms in total. The molecule has 7 heteroatoms. The van der Waals surface area contributed by atoms with Crippen LogP contribution in [0.2, 0.25) is 5.02 Å². The summed E-state index contributed by atoms with van der Waals surface area (Å²) in [4.78, 5) is 28.0. The number of fused-ring (bicyclic) bond motifs is 1. The van der Waals surface area contributed by atoms with E-state index in [-0.39, 0.29) is 9.90 Å². The Labute approximate surface area is 146 Å². The van der Waals surface area contributed by atoms with E-state index in [2.05, 4.69) is 11.1 Å². The third-order valence-corrected chi connectivity index (χ3v) is 4.88. The Bertz CT molecular complexity index is 1050. The first-order valence-electron chi connectivity index (χ1n) is 7.07. The minimum absolute atomic E-state index is 0.0335. The molecule has 2 heterocycles. The molecule has 0 aliphatic carbocycles. The average Bonchev–Trinajstić information content (AvgIpc) is 2.95. The molecule has 0 saturated carbocycles. The maximum Gasteiger partial charge on any atom is 0.347 e. The van der Waals surface area contributed by atoms with E-state index >= 15 is 0 Å². The monoisotopic (exact) mass is 360 g/mol. The van der Waals surface area contributed by atoms with Crippen LogP contribution in [0, 0.1) is 13.8 Å². The number of hydrogen-bond acceptors (Lipinski definition) is 4. The van der Waals surface area contributed by atoms with Crippen molar-refractivity contribution in [3.05, 3.63) is 67.0 Å². The Morgan fingerprint density at radius 1 is 1.33 bits per heavy atom. The quantitative estimate of drug-likeness (QED) is 0.769. The first-order chi connectivity index (χ1) is 11.4. The fourth-order valence-electron chi connectivity index (χ4n) is 2.33. The Morgan fingerprint density at radius 3 is 2.75 bits per heavy atom. The van der Waals surface area contributed by atoms with Crippen molar-refractivity contribution in [2.45, 2.75) is 13.8 Å². The van der Waals surface area contributed by atoms with Gasteiger partial charge in [0.25, 0.3) is 5.56 Å². The second-order valence-electron chi connectivity index (χ2n) is 5.36. The number of benzene rings is 1. The molecule has 0 fully saturated rings. The average molecular weight is 361 g/mol. The Hall–Kier alpha value is -2.44. The van der Waals surface area contributed by atoms with Crippen molar-refractivity contribution in [3.63, 3.8) is 0 Å². The number of halogens is 1. The van der Waals surface area contributed by atoms with Crippen LogP contribution in [0.5, 0.6) is 0 Å². The van der Waals surface area contributed by atoms with Crippen LogP contribution < -0.4 is 5.56 Å². The van der Waals surface area contributed by atoms with Gasteiger partial charge in [-0.2, -0.15) is 0 Å². The molecule has 1 N–H and O–H groups in total. The molecule has 0 saturated heterocycles. The normalized spacial score (nSPS) is 11.5. The number of thiazole rings is 1. The van der Waals surface area contributed by atoms with Crippen LogP contribution >= 0.6 is 22.9 Å². The minimum atomic E-state index is -1.10. The molecule has 0 bridgehead atoms. The minimum Gasteiger partial charge on any atom is -0.477 e. The van der Waals surface area contributed by atoms with E-state index in [1.165, 1.54) is 11.8 Å². The van der Waals surface area contributed by atoms with Gasteiger partial charge in [0.2, 0.25) is 0 Å². The smallest absolute Gasteiger partial charge is 0.347 e. The summed E-state index contributed by atoms with van der Waals surface area (Å²) in [7, 11) is 0. The molecule has 0 aliphatic rings. The van der Waals surface area contributed by atoms with Crippen LogP contribution in [0.25, 0.3) is 17.1 Å². The third-order valence-electron chi connectivity index (χ3n) is 3.56. The maximum absolute atomic E-state index is 12.3. The van der Waals surface area contributed by atoms with E-state index in [0.717, 1.165) is 26.9 Å². The molecule has 0 spiro atoms. The number of carbonyl (C=O) groups is 1. The Morgan fingerprint density at radius 2 is 2.08 bits per heavy atom. The summed E-state index contributed by atoms with van der Waals surface area (Å²) in [5, 5.41) is 9.00. The van der Waals surface area contributed by atoms with Crippen molar-refractivity contribution in [2.24, 2.45) is 0 Å². The zero-order valence-electron chi connectivity index (χ0n) is 12.9. The van der Waals surface area contributed by atoms with Crippen molar-refractivity contribution >= 4 is 46.0 Å². The number of aryl methyl sites for hydroxylation is 2. The SMILES string of the molecule is Cc1ccc(C=Cc2nc3sc(C(=O)O)cn3c(=O)c2Cl)c(C)c1. The van der Waals surface area contributed by atoms with Gasteiger partial charge in [-0.15, -0.1) is 0 Å².